The fraction of sp³-hybridized carbons (Fsp3) is 0.867. The maximum Gasteiger partial charge on any atom is 0.0865 e. The van der Waals surface area contributed by atoms with Crippen LogP contribution in [0.2, 0.25) is 0 Å². The number of hydrogen-bond donors (Lipinski definition) is 1. The summed E-state index contributed by atoms with van der Waals surface area (Å²) in [4.78, 5) is 0. The fourth-order valence-electron chi connectivity index (χ4n) is 9.22. The second kappa shape index (κ2) is 8.66. The van der Waals surface area contributed by atoms with E-state index in [1.165, 1.54) is 64.2 Å². The summed E-state index contributed by atoms with van der Waals surface area (Å²) < 4.78 is 0. The van der Waals surface area contributed by atoms with Gasteiger partial charge in [0.2, 0.25) is 0 Å². The van der Waals surface area contributed by atoms with Crippen LogP contribution < -0.4 is 0 Å². The molecule has 0 aromatic heterocycles. The zero-order chi connectivity index (χ0) is 22.4. The number of rotatable bonds is 7. The van der Waals surface area contributed by atoms with E-state index in [1.807, 2.05) is 6.08 Å². The molecule has 3 fully saturated rings. The minimum Gasteiger partial charge on any atom is -0.385 e. The molecule has 0 spiro atoms. The molecule has 0 aromatic rings. The Morgan fingerprint density at radius 1 is 1.03 bits per heavy atom. The van der Waals surface area contributed by atoms with Crippen LogP contribution >= 0.6 is 0 Å². The minimum atomic E-state index is -0.628. The Labute approximate surface area is 193 Å². The van der Waals surface area contributed by atoms with Crippen molar-refractivity contribution < 1.29 is 5.11 Å². The van der Waals surface area contributed by atoms with Gasteiger partial charge in [0.15, 0.2) is 0 Å². The van der Waals surface area contributed by atoms with Gasteiger partial charge < -0.3 is 5.11 Å². The van der Waals surface area contributed by atoms with Crippen molar-refractivity contribution in [2.24, 2.45) is 46.3 Å². The van der Waals surface area contributed by atoms with E-state index in [-0.39, 0.29) is 0 Å². The van der Waals surface area contributed by atoms with E-state index >= 15 is 0 Å². The van der Waals surface area contributed by atoms with Crippen LogP contribution in [0.25, 0.3) is 0 Å². The molecule has 4 aliphatic rings. The van der Waals surface area contributed by atoms with Crippen molar-refractivity contribution in [2.75, 3.05) is 0 Å². The van der Waals surface area contributed by atoms with Gasteiger partial charge >= 0.3 is 0 Å². The third kappa shape index (κ3) is 4.11. The van der Waals surface area contributed by atoms with Gasteiger partial charge in [-0.15, -0.1) is 6.58 Å². The highest BCUT2D eigenvalue weighted by Gasteiger charge is 2.59. The Kier molecular flexibility index (Phi) is 6.59. The second-order valence-corrected chi connectivity index (χ2v) is 13.1. The lowest BCUT2D eigenvalue weighted by Gasteiger charge is -2.59. The summed E-state index contributed by atoms with van der Waals surface area (Å²) in [5.74, 6) is 5.38. The molecule has 1 heteroatoms. The van der Waals surface area contributed by atoms with E-state index in [0.717, 1.165) is 41.9 Å². The van der Waals surface area contributed by atoms with Gasteiger partial charge in [-0.05, 0) is 104 Å². The van der Waals surface area contributed by atoms with Crippen LogP contribution in [0.3, 0.4) is 0 Å². The first-order chi connectivity index (χ1) is 14.6. The highest BCUT2D eigenvalue weighted by molar-refractivity contribution is 5.28. The standard InChI is InChI=1S/C30H50O/c1-7-16-30(31)19-18-28(5)23(20-30)11-12-24-26-14-13-25(22(4)10-8-9-21(2)3)29(26,6)17-15-27(24)28/h7,20-22,24-27,31H,1,8-19H2,2-6H3/t22-,24+,25-,26+,27+,28+,29-,30+/m1/s1. The van der Waals surface area contributed by atoms with Crippen molar-refractivity contribution in [3.05, 3.63) is 24.3 Å². The first-order valence-electron chi connectivity index (χ1n) is 13.7. The molecule has 0 aromatic carbocycles. The summed E-state index contributed by atoms with van der Waals surface area (Å²) in [5, 5.41) is 11.1. The highest BCUT2D eigenvalue weighted by atomic mass is 16.3. The van der Waals surface area contributed by atoms with Gasteiger partial charge in [-0.3, -0.25) is 0 Å². The molecule has 0 unspecified atom stereocenters. The van der Waals surface area contributed by atoms with Crippen molar-refractivity contribution >= 4 is 0 Å². The number of fused-ring (bicyclic) bond motifs is 5. The Bertz CT molecular complexity index is 691. The van der Waals surface area contributed by atoms with Gasteiger partial charge in [0, 0.05) is 0 Å². The third-order valence-electron chi connectivity index (χ3n) is 11.0. The first kappa shape index (κ1) is 23.6. The molecule has 1 nitrogen and oxygen atoms in total. The molecule has 8 atom stereocenters. The molecule has 0 amide bonds. The molecular formula is C30H50O. The Hall–Kier alpha value is -0.560. The molecule has 0 heterocycles. The van der Waals surface area contributed by atoms with E-state index in [0.29, 0.717) is 17.3 Å². The topological polar surface area (TPSA) is 20.2 Å². The average Bonchev–Trinajstić information content (AvgIpc) is 3.06. The summed E-state index contributed by atoms with van der Waals surface area (Å²) in [6.07, 6.45) is 19.6. The van der Waals surface area contributed by atoms with Gasteiger partial charge in [0.1, 0.15) is 0 Å². The minimum absolute atomic E-state index is 0.332. The maximum atomic E-state index is 11.1. The van der Waals surface area contributed by atoms with Gasteiger partial charge in [-0.25, -0.2) is 0 Å². The van der Waals surface area contributed by atoms with Gasteiger partial charge in [0.05, 0.1) is 5.60 Å². The molecule has 4 rings (SSSR count). The van der Waals surface area contributed by atoms with Crippen LogP contribution in [-0.2, 0) is 0 Å². The predicted molar refractivity (Wildman–Crippen MR) is 133 cm³/mol. The quantitative estimate of drug-likeness (QED) is 0.406. The first-order valence-corrected chi connectivity index (χ1v) is 13.7. The van der Waals surface area contributed by atoms with Crippen LogP contribution in [0.4, 0.5) is 0 Å². The lowest BCUT2D eigenvalue weighted by molar-refractivity contribution is -0.0690. The summed E-state index contributed by atoms with van der Waals surface area (Å²) in [7, 11) is 0. The highest BCUT2D eigenvalue weighted by Crippen LogP contribution is 2.68. The van der Waals surface area contributed by atoms with Gasteiger partial charge in [-0.1, -0.05) is 71.6 Å². The van der Waals surface area contributed by atoms with Gasteiger partial charge in [-0.2, -0.15) is 0 Å². The van der Waals surface area contributed by atoms with E-state index in [1.54, 1.807) is 5.57 Å². The van der Waals surface area contributed by atoms with Crippen LogP contribution in [0.15, 0.2) is 24.3 Å². The molecule has 31 heavy (non-hydrogen) atoms. The number of hydrogen-bond acceptors (Lipinski definition) is 1. The molecular weight excluding hydrogens is 376 g/mol. The summed E-state index contributed by atoms with van der Waals surface area (Å²) in [5.41, 5.74) is 1.87. The Morgan fingerprint density at radius 2 is 1.81 bits per heavy atom. The zero-order valence-electron chi connectivity index (χ0n) is 21.3. The van der Waals surface area contributed by atoms with Crippen molar-refractivity contribution in [2.45, 2.75) is 117 Å². The zero-order valence-corrected chi connectivity index (χ0v) is 21.3. The van der Waals surface area contributed by atoms with E-state index in [9.17, 15) is 5.11 Å². The van der Waals surface area contributed by atoms with Crippen molar-refractivity contribution in [3.8, 4) is 0 Å². The molecule has 0 aliphatic heterocycles. The number of aliphatic hydroxyl groups is 1. The smallest absolute Gasteiger partial charge is 0.0865 e. The second-order valence-electron chi connectivity index (χ2n) is 13.1. The number of allylic oxidation sites excluding steroid dienone is 1. The van der Waals surface area contributed by atoms with Gasteiger partial charge in [0.25, 0.3) is 0 Å². The van der Waals surface area contributed by atoms with E-state index in [2.05, 4.69) is 47.3 Å². The fourth-order valence-corrected chi connectivity index (χ4v) is 9.22. The molecule has 0 radical (unpaired) electrons. The molecule has 3 saturated carbocycles. The van der Waals surface area contributed by atoms with Crippen molar-refractivity contribution in [1.82, 2.24) is 0 Å². The largest absolute Gasteiger partial charge is 0.385 e. The van der Waals surface area contributed by atoms with Crippen molar-refractivity contribution in [1.29, 1.82) is 0 Å². The molecule has 4 aliphatic carbocycles. The van der Waals surface area contributed by atoms with Crippen molar-refractivity contribution in [3.63, 3.8) is 0 Å². The maximum absolute atomic E-state index is 11.1. The molecule has 176 valence electrons. The summed E-state index contributed by atoms with van der Waals surface area (Å²) in [6, 6.07) is 0. The lowest BCUT2D eigenvalue weighted by Crippen LogP contribution is -2.52. The molecule has 1 N–H and O–H groups in total. The monoisotopic (exact) mass is 426 g/mol. The van der Waals surface area contributed by atoms with Crippen LogP contribution in [0, 0.1) is 46.3 Å². The SMILES string of the molecule is C=CC[C@@]1(O)C=C2CC[C@H]3[C@@H]4CC[C@H]([C@H](C)CCCC(C)C)[C@@]4(C)CC[C@@H]3[C@@]2(C)CC1. The predicted octanol–water partition coefficient (Wildman–Crippen LogP) is 8.34. The van der Waals surface area contributed by atoms with Crippen LogP contribution in [0.5, 0.6) is 0 Å². The van der Waals surface area contributed by atoms with E-state index < -0.39 is 5.60 Å². The molecule has 0 bridgehead atoms. The Balaban J connectivity index is 1.49. The summed E-state index contributed by atoms with van der Waals surface area (Å²) >= 11 is 0. The average molecular weight is 427 g/mol. The van der Waals surface area contributed by atoms with Crippen LogP contribution in [-0.4, -0.2) is 10.7 Å². The molecule has 0 saturated heterocycles. The third-order valence-corrected chi connectivity index (χ3v) is 11.0. The summed E-state index contributed by atoms with van der Waals surface area (Å²) in [6.45, 7) is 16.5. The Morgan fingerprint density at radius 3 is 2.52 bits per heavy atom. The normalized spacial score (nSPS) is 45.5. The van der Waals surface area contributed by atoms with Crippen LogP contribution in [0.1, 0.15) is 112 Å². The van der Waals surface area contributed by atoms with E-state index in [4.69, 9.17) is 0 Å². The lowest BCUT2D eigenvalue weighted by atomic mass is 9.46.